The van der Waals surface area contributed by atoms with Crippen LogP contribution in [0.2, 0.25) is 5.02 Å². The highest BCUT2D eigenvalue weighted by atomic mass is 35.5. The van der Waals surface area contributed by atoms with E-state index in [0.29, 0.717) is 35.3 Å². The number of anilines is 4. The van der Waals surface area contributed by atoms with Gasteiger partial charge in [-0.1, -0.05) is 37.1 Å². The molecule has 2 aromatic carbocycles. The molecular weight excluding hydrogens is 600 g/mol. The molecule has 3 heterocycles. The maximum absolute atomic E-state index is 13.6. The third-order valence-electron chi connectivity index (χ3n) is 7.77. The number of hydrogen-bond acceptors (Lipinski definition) is 9. The molecule has 1 aromatic heterocycles. The van der Waals surface area contributed by atoms with Crippen LogP contribution in [0.1, 0.15) is 69.8 Å². The fourth-order valence-electron chi connectivity index (χ4n) is 5.45. The van der Waals surface area contributed by atoms with Crippen molar-refractivity contribution in [3.05, 3.63) is 70.6 Å². The van der Waals surface area contributed by atoms with Crippen LogP contribution in [0.25, 0.3) is 0 Å². The van der Waals surface area contributed by atoms with Crippen molar-refractivity contribution in [2.45, 2.75) is 82.7 Å². The van der Waals surface area contributed by atoms with E-state index in [0.717, 1.165) is 30.5 Å². The Morgan fingerprint density at radius 2 is 1.86 bits per heavy atom. The number of ether oxygens (including phenoxy) is 1. The SMILES string of the molecule is CCCC1CC(N2Cc3cc(OC(C)C)c(Nc4ncc(Cl)c(Nc5ccccc5S(=O)(=O)C(C)C)n4)cc3C2=O)=CN1C. The number of para-hydroxylation sites is 1. The highest BCUT2D eigenvalue weighted by molar-refractivity contribution is 7.92. The molecule has 1 amide bonds. The molecule has 2 N–H and O–H groups in total. The summed E-state index contributed by atoms with van der Waals surface area (Å²) in [5.41, 5.74) is 3.38. The first-order chi connectivity index (χ1) is 20.9. The number of amides is 1. The lowest BCUT2D eigenvalue weighted by molar-refractivity contribution is 0.0822. The molecule has 2 aliphatic rings. The monoisotopic (exact) mass is 638 g/mol. The predicted molar refractivity (Wildman–Crippen MR) is 174 cm³/mol. The van der Waals surface area contributed by atoms with Crippen molar-refractivity contribution in [3.8, 4) is 5.75 Å². The second-order valence-corrected chi connectivity index (χ2v) is 14.6. The largest absolute Gasteiger partial charge is 0.489 e. The molecule has 0 saturated heterocycles. The minimum Gasteiger partial charge on any atom is -0.489 e. The number of aromatic nitrogens is 2. The van der Waals surface area contributed by atoms with Gasteiger partial charge in [-0.3, -0.25) is 4.79 Å². The van der Waals surface area contributed by atoms with Crippen LogP contribution >= 0.6 is 11.6 Å². The standard InChI is InChI=1S/C32H39ClN6O4S/c1-7-10-22-14-23(18-38(22)6)39-17-21-13-28(43-19(2)3)27(15-24(21)31(39)40)36-32-34-16-25(33)30(37-32)35-26-11-8-9-12-29(26)44(41,42)20(4)5/h8-9,11-13,15-16,18-20,22H,7,10,14,17H2,1-6H3,(H2,34,35,36,37). The first-order valence-corrected chi connectivity index (χ1v) is 16.8. The fourth-order valence-corrected chi connectivity index (χ4v) is 6.79. The first-order valence-electron chi connectivity index (χ1n) is 14.9. The second kappa shape index (κ2) is 12.6. The number of nitrogens with one attached hydrogen (secondary N) is 2. The zero-order chi connectivity index (χ0) is 31.8. The van der Waals surface area contributed by atoms with Gasteiger partial charge in [0.1, 0.15) is 10.8 Å². The van der Waals surface area contributed by atoms with Gasteiger partial charge in [0.05, 0.1) is 40.4 Å². The number of rotatable bonds is 11. The molecule has 234 valence electrons. The molecule has 1 atom stereocenters. The molecule has 12 heteroatoms. The summed E-state index contributed by atoms with van der Waals surface area (Å²) in [4.78, 5) is 26.7. The van der Waals surface area contributed by atoms with Crippen molar-refractivity contribution in [2.24, 2.45) is 0 Å². The molecular formula is C32H39ClN6O4S. The second-order valence-electron chi connectivity index (χ2n) is 11.7. The van der Waals surface area contributed by atoms with Gasteiger partial charge in [-0.15, -0.1) is 0 Å². The Hall–Kier alpha value is -3.83. The van der Waals surface area contributed by atoms with Gasteiger partial charge in [0.15, 0.2) is 15.7 Å². The highest BCUT2D eigenvalue weighted by Gasteiger charge is 2.35. The predicted octanol–water partition coefficient (Wildman–Crippen LogP) is 6.89. The van der Waals surface area contributed by atoms with Crippen molar-refractivity contribution in [1.29, 1.82) is 0 Å². The molecule has 1 unspecified atom stereocenters. The number of hydrogen-bond donors (Lipinski definition) is 2. The number of sulfone groups is 1. The number of benzene rings is 2. The maximum atomic E-state index is 13.6. The summed E-state index contributed by atoms with van der Waals surface area (Å²) in [6.07, 6.45) is 6.38. The lowest BCUT2D eigenvalue weighted by atomic mass is 10.1. The molecule has 3 aromatic rings. The van der Waals surface area contributed by atoms with Crippen molar-refractivity contribution in [1.82, 2.24) is 19.8 Å². The number of nitrogens with zero attached hydrogens (tertiary/aromatic N) is 4. The van der Waals surface area contributed by atoms with Gasteiger partial charge >= 0.3 is 0 Å². The number of halogens is 1. The summed E-state index contributed by atoms with van der Waals surface area (Å²) >= 11 is 6.44. The average molecular weight is 639 g/mol. The molecule has 44 heavy (non-hydrogen) atoms. The van der Waals surface area contributed by atoms with E-state index in [9.17, 15) is 13.2 Å². The quantitative estimate of drug-likeness (QED) is 0.232. The zero-order valence-corrected chi connectivity index (χ0v) is 27.5. The minimum atomic E-state index is -3.57. The number of fused-ring (bicyclic) bond motifs is 1. The molecule has 5 rings (SSSR count). The molecule has 0 saturated carbocycles. The summed E-state index contributed by atoms with van der Waals surface area (Å²) in [6.45, 7) is 9.79. The lowest BCUT2D eigenvalue weighted by Gasteiger charge is -2.20. The van der Waals surface area contributed by atoms with Crippen LogP contribution in [0.4, 0.5) is 23.1 Å². The van der Waals surface area contributed by atoms with Crippen LogP contribution in [0.5, 0.6) is 5.75 Å². The summed E-state index contributed by atoms with van der Waals surface area (Å²) in [6, 6.07) is 10.7. The average Bonchev–Trinajstić information content (AvgIpc) is 3.49. The summed E-state index contributed by atoms with van der Waals surface area (Å²) in [5.74, 6) is 0.929. The third kappa shape index (κ3) is 6.34. The normalized spacial score (nSPS) is 16.5. The van der Waals surface area contributed by atoms with Crippen LogP contribution in [0.15, 0.2) is 59.4 Å². The number of carbonyl (C=O) groups excluding carboxylic acids is 1. The first kappa shape index (κ1) is 31.6. The Kier molecular flexibility index (Phi) is 9.08. The third-order valence-corrected chi connectivity index (χ3v) is 10.3. The summed E-state index contributed by atoms with van der Waals surface area (Å²) < 4.78 is 32.1. The van der Waals surface area contributed by atoms with Crippen LogP contribution in [-0.4, -0.2) is 58.5 Å². The van der Waals surface area contributed by atoms with E-state index in [4.69, 9.17) is 16.3 Å². The smallest absolute Gasteiger partial charge is 0.258 e. The maximum Gasteiger partial charge on any atom is 0.258 e. The molecule has 0 spiro atoms. The zero-order valence-electron chi connectivity index (χ0n) is 25.9. The van der Waals surface area contributed by atoms with Gasteiger partial charge in [-0.2, -0.15) is 4.98 Å². The molecule has 0 radical (unpaired) electrons. The van der Waals surface area contributed by atoms with Crippen molar-refractivity contribution < 1.29 is 17.9 Å². The van der Waals surface area contributed by atoms with Crippen LogP contribution in [-0.2, 0) is 16.4 Å². The van der Waals surface area contributed by atoms with Crippen LogP contribution < -0.4 is 15.4 Å². The van der Waals surface area contributed by atoms with Gasteiger partial charge in [0, 0.05) is 37.0 Å². The molecule has 0 fully saturated rings. The summed E-state index contributed by atoms with van der Waals surface area (Å²) in [5, 5.41) is 5.88. The van der Waals surface area contributed by atoms with Gasteiger partial charge in [-0.25, -0.2) is 13.4 Å². The molecule has 0 bridgehead atoms. The van der Waals surface area contributed by atoms with Crippen LogP contribution in [0, 0.1) is 0 Å². The summed E-state index contributed by atoms with van der Waals surface area (Å²) in [7, 11) is -1.51. The van der Waals surface area contributed by atoms with Gasteiger partial charge in [0.2, 0.25) is 5.95 Å². The van der Waals surface area contributed by atoms with E-state index in [1.807, 2.05) is 24.8 Å². The van der Waals surface area contributed by atoms with E-state index in [1.54, 1.807) is 44.2 Å². The van der Waals surface area contributed by atoms with Gasteiger partial charge in [0.25, 0.3) is 5.91 Å². The minimum absolute atomic E-state index is 0.0571. The number of carbonyl (C=O) groups is 1. The topological polar surface area (TPSA) is 117 Å². The van der Waals surface area contributed by atoms with Gasteiger partial charge < -0.3 is 25.2 Å². The van der Waals surface area contributed by atoms with E-state index in [2.05, 4.69) is 45.7 Å². The van der Waals surface area contributed by atoms with Crippen LogP contribution in [0.3, 0.4) is 0 Å². The Bertz CT molecular complexity index is 1710. The van der Waals surface area contributed by atoms with Crippen molar-refractivity contribution in [2.75, 3.05) is 17.7 Å². The van der Waals surface area contributed by atoms with Crippen molar-refractivity contribution in [3.63, 3.8) is 0 Å². The molecule has 0 aliphatic carbocycles. The molecule has 2 aliphatic heterocycles. The van der Waals surface area contributed by atoms with E-state index >= 15 is 0 Å². The Morgan fingerprint density at radius 3 is 2.57 bits per heavy atom. The lowest BCUT2D eigenvalue weighted by Crippen LogP contribution is -2.24. The van der Waals surface area contributed by atoms with Crippen molar-refractivity contribution >= 4 is 50.5 Å². The highest BCUT2D eigenvalue weighted by Crippen LogP contribution is 2.39. The molecule has 10 nitrogen and oxygen atoms in total. The Labute approximate surface area is 264 Å². The fraction of sp³-hybridized carbons (Fsp3) is 0.406. The Balaban J connectivity index is 1.44. The van der Waals surface area contributed by atoms with E-state index in [-0.39, 0.29) is 33.7 Å². The van der Waals surface area contributed by atoms with E-state index in [1.165, 1.54) is 6.20 Å². The Morgan fingerprint density at radius 1 is 1.11 bits per heavy atom. The van der Waals surface area contributed by atoms with Gasteiger partial charge in [-0.05, 0) is 63.9 Å². The van der Waals surface area contributed by atoms with E-state index < -0.39 is 15.1 Å².